The molecule has 2 heterocycles. The van der Waals surface area contributed by atoms with E-state index in [4.69, 9.17) is 16.3 Å². The van der Waals surface area contributed by atoms with Gasteiger partial charge in [0.1, 0.15) is 6.54 Å². The van der Waals surface area contributed by atoms with Gasteiger partial charge in [0.05, 0.1) is 21.9 Å². The van der Waals surface area contributed by atoms with Gasteiger partial charge in [0.25, 0.3) is 0 Å². The van der Waals surface area contributed by atoms with Crippen LogP contribution in [0.25, 0.3) is 0 Å². The molecule has 7 heteroatoms. The second-order valence-electron chi connectivity index (χ2n) is 6.40. The van der Waals surface area contributed by atoms with Gasteiger partial charge >= 0.3 is 0 Å². The number of benzene rings is 1. The van der Waals surface area contributed by atoms with Crippen LogP contribution >= 0.6 is 27.5 Å². The SMILES string of the molecule is Cc1nn(CC(=O)NC2(c3cccc(Br)c3)CCOCC2)c(C)c1Cl. The summed E-state index contributed by atoms with van der Waals surface area (Å²) >= 11 is 9.70. The largest absolute Gasteiger partial charge is 0.381 e. The smallest absolute Gasteiger partial charge is 0.242 e. The first kappa shape index (κ1) is 18.4. The number of carbonyl (C=O) groups excluding carboxylic acids is 1. The fourth-order valence-corrected chi connectivity index (χ4v) is 3.80. The van der Waals surface area contributed by atoms with E-state index in [1.54, 1.807) is 4.68 Å². The summed E-state index contributed by atoms with van der Waals surface area (Å²) in [7, 11) is 0. The third kappa shape index (κ3) is 3.91. The molecule has 25 heavy (non-hydrogen) atoms. The fraction of sp³-hybridized carbons (Fsp3) is 0.444. The second kappa shape index (κ2) is 7.48. The fourth-order valence-electron chi connectivity index (χ4n) is 3.26. The normalized spacial score (nSPS) is 16.6. The minimum Gasteiger partial charge on any atom is -0.381 e. The molecule has 5 nitrogen and oxygen atoms in total. The van der Waals surface area contributed by atoms with E-state index in [9.17, 15) is 4.79 Å². The van der Waals surface area contributed by atoms with Crippen molar-refractivity contribution < 1.29 is 9.53 Å². The lowest BCUT2D eigenvalue weighted by Crippen LogP contribution is -2.50. The predicted molar refractivity (Wildman–Crippen MR) is 101 cm³/mol. The Morgan fingerprint density at radius 3 is 2.72 bits per heavy atom. The van der Waals surface area contributed by atoms with E-state index in [1.165, 1.54) is 0 Å². The molecule has 1 saturated heterocycles. The number of nitrogens with one attached hydrogen (secondary N) is 1. The number of halogens is 2. The van der Waals surface area contributed by atoms with Crippen LogP contribution in [-0.4, -0.2) is 28.9 Å². The van der Waals surface area contributed by atoms with Crippen molar-refractivity contribution in [3.8, 4) is 0 Å². The Labute approximate surface area is 160 Å². The Hall–Kier alpha value is -1.37. The van der Waals surface area contributed by atoms with Crippen molar-refractivity contribution in [1.82, 2.24) is 15.1 Å². The van der Waals surface area contributed by atoms with Gasteiger partial charge in [-0.1, -0.05) is 39.7 Å². The van der Waals surface area contributed by atoms with Crippen molar-refractivity contribution >= 4 is 33.4 Å². The van der Waals surface area contributed by atoms with Crippen LogP contribution in [0.5, 0.6) is 0 Å². The molecule has 1 fully saturated rings. The van der Waals surface area contributed by atoms with Gasteiger partial charge in [-0.2, -0.15) is 5.10 Å². The molecule has 0 spiro atoms. The van der Waals surface area contributed by atoms with Crippen molar-refractivity contribution in [3.05, 3.63) is 50.7 Å². The van der Waals surface area contributed by atoms with Gasteiger partial charge in [-0.05, 0) is 44.4 Å². The van der Waals surface area contributed by atoms with E-state index >= 15 is 0 Å². The summed E-state index contributed by atoms with van der Waals surface area (Å²) in [5.74, 6) is -0.0795. The molecule has 2 aromatic rings. The van der Waals surface area contributed by atoms with E-state index in [0.29, 0.717) is 18.2 Å². The maximum absolute atomic E-state index is 12.7. The minimum absolute atomic E-state index is 0.0795. The molecule has 0 aliphatic carbocycles. The molecule has 3 rings (SSSR count). The first-order chi connectivity index (χ1) is 11.9. The lowest BCUT2D eigenvalue weighted by Gasteiger charge is -2.38. The van der Waals surface area contributed by atoms with Crippen molar-refractivity contribution in [2.45, 2.75) is 38.8 Å². The Morgan fingerprint density at radius 1 is 1.40 bits per heavy atom. The third-order valence-corrected chi connectivity index (χ3v) is 5.73. The molecular formula is C18H21BrClN3O2. The van der Waals surface area contributed by atoms with E-state index in [2.05, 4.69) is 38.5 Å². The van der Waals surface area contributed by atoms with Crippen molar-refractivity contribution in [1.29, 1.82) is 0 Å². The van der Waals surface area contributed by atoms with Crippen LogP contribution in [0, 0.1) is 13.8 Å². The summed E-state index contributed by atoms with van der Waals surface area (Å²) in [6, 6.07) is 8.09. The molecule has 1 aliphatic rings. The van der Waals surface area contributed by atoms with Crippen LogP contribution in [0.15, 0.2) is 28.7 Å². The summed E-state index contributed by atoms with van der Waals surface area (Å²) in [5.41, 5.74) is 2.21. The zero-order valence-corrected chi connectivity index (χ0v) is 16.7. The Kier molecular flexibility index (Phi) is 5.51. The van der Waals surface area contributed by atoms with Gasteiger partial charge in [-0.15, -0.1) is 0 Å². The number of aryl methyl sites for hydroxylation is 1. The second-order valence-corrected chi connectivity index (χ2v) is 7.69. The number of hydrogen-bond acceptors (Lipinski definition) is 3. The highest BCUT2D eigenvalue weighted by Crippen LogP contribution is 2.33. The number of rotatable bonds is 4. The molecule has 0 unspecified atom stereocenters. The summed E-state index contributed by atoms with van der Waals surface area (Å²) in [4.78, 5) is 12.7. The lowest BCUT2D eigenvalue weighted by atomic mass is 9.82. The highest BCUT2D eigenvalue weighted by atomic mass is 79.9. The maximum atomic E-state index is 12.7. The van der Waals surface area contributed by atoms with Crippen LogP contribution in [0.2, 0.25) is 5.02 Å². The van der Waals surface area contributed by atoms with Gasteiger partial charge in [0, 0.05) is 17.7 Å². The quantitative estimate of drug-likeness (QED) is 0.810. The van der Waals surface area contributed by atoms with Crippen LogP contribution in [0.3, 0.4) is 0 Å². The van der Waals surface area contributed by atoms with Crippen LogP contribution in [0.1, 0.15) is 29.8 Å². The summed E-state index contributed by atoms with van der Waals surface area (Å²) in [6.45, 7) is 5.10. The molecule has 0 radical (unpaired) electrons. The molecule has 0 saturated carbocycles. The summed E-state index contributed by atoms with van der Waals surface area (Å²) in [6.07, 6.45) is 1.49. The molecule has 1 amide bonds. The van der Waals surface area contributed by atoms with Gasteiger partial charge in [-0.25, -0.2) is 0 Å². The van der Waals surface area contributed by atoms with Crippen LogP contribution in [0.4, 0.5) is 0 Å². The zero-order valence-electron chi connectivity index (χ0n) is 14.3. The van der Waals surface area contributed by atoms with Gasteiger partial charge in [0.15, 0.2) is 0 Å². The van der Waals surface area contributed by atoms with E-state index in [1.807, 2.05) is 26.0 Å². The molecule has 0 bridgehead atoms. The van der Waals surface area contributed by atoms with E-state index in [-0.39, 0.29) is 12.5 Å². The molecule has 1 aromatic heterocycles. The monoisotopic (exact) mass is 425 g/mol. The topological polar surface area (TPSA) is 56.2 Å². The van der Waals surface area contributed by atoms with Crippen LogP contribution < -0.4 is 5.32 Å². The standard InChI is InChI=1S/C18H21BrClN3O2/c1-12-17(20)13(2)23(22-12)11-16(24)21-18(6-8-25-9-7-18)14-4-3-5-15(19)10-14/h3-5,10H,6-9,11H2,1-2H3,(H,21,24). The van der Waals surface area contributed by atoms with Crippen LogP contribution in [-0.2, 0) is 21.6 Å². The zero-order chi connectivity index (χ0) is 18.0. The molecular weight excluding hydrogens is 406 g/mol. The summed E-state index contributed by atoms with van der Waals surface area (Å²) in [5, 5.41) is 8.19. The van der Waals surface area contributed by atoms with Gasteiger partial charge < -0.3 is 10.1 Å². The molecule has 1 aliphatic heterocycles. The van der Waals surface area contributed by atoms with Crippen molar-refractivity contribution in [2.75, 3.05) is 13.2 Å². The lowest BCUT2D eigenvalue weighted by molar-refractivity contribution is -0.125. The average molecular weight is 427 g/mol. The summed E-state index contributed by atoms with van der Waals surface area (Å²) < 4.78 is 8.17. The Morgan fingerprint density at radius 2 is 2.12 bits per heavy atom. The number of ether oxygens (including phenoxy) is 1. The molecule has 0 atom stereocenters. The first-order valence-corrected chi connectivity index (χ1v) is 9.43. The van der Waals surface area contributed by atoms with E-state index < -0.39 is 5.54 Å². The van der Waals surface area contributed by atoms with Gasteiger partial charge in [0.2, 0.25) is 5.91 Å². The Balaban J connectivity index is 1.83. The number of carbonyl (C=O) groups is 1. The number of nitrogens with zero attached hydrogens (tertiary/aromatic N) is 2. The average Bonchev–Trinajstić information content (AvgIpc) is 2.82. The van der Waals surface area contributed by atoms with Gasteiger partial charge in [-0.3, -0.25) is 9.48 Å². The maximum Gasteiger partial charge on any atom is 0.242 e. The molecule has 1 aromatic carbocycles. The minimum atomic E-state index is -0.418. The Bertz CT molecular complexity index is 785. The molecule has 1 N–H and O–H groups in total. The highest BCUT2D eigenvalue weighted by Gasteiger charge is 2.36. The number of aromatic nitrogens is 2. The predicted octanol–water partition coefficient (Wildman–Crippen LogP) is 3.74. The van der Waals surface area contributed by atoms with Crippen molar-refractivity contribution in [2.24, 2.45) is 0 Å². The van der Waals surface area contributed by atoms with Crippen molar-refractivity contribution in [3.63, 3.8) is 0 Å². The molecule has 134 valence electrons. The number of hydrogen-bond donors (Lipinski definition) is 1. The first-order valence-electron chi connectivity index (χ1n) is 8.25. The van der Waals surface area contributed by atoms with E-state index in [0.717, 1.165) is 34.3 Å². The third-order valence-electron chi connectivity index (χ3n) is 4.69. The highest BCUT2D eigenvalue weighted by molar-refractivity contribution is 9.10. The number of amides is 1.